The molecule has 100 valence electrons. The zero-order valence-corrected chi connectivity index (χ0v) is 11.8. The Kier molecular flexibility index (Phi) is 3.29. The molecule has 0 bridgehead atoms. The lowest BCUT2D eigenvalue weighted by Gasteiger charge is -2.15. The number of hydrogen-bond donors (Lipinski definition) is 1. The number of benzene rings is 3. The molecule has 0 saturated carbocycles. The van der Waals surface area contributed by atoms with E-state index in [0.717, 1.165) is 21.9 Å². The molecule has 3 aromatic carbocycles. The summed E-state index contributed by atoms with van der Waals surface area (Å²) in [6.07, 6.45) is -0.584. The van der Waals surface area contributed by atoms with E-state index in [1.807, 2.05) is 24.3 Å². The monoisotopic (exact) mass is 262 g/mol. The lowest BCUT2D eigenvalue weighted by Crippen LogP contribution is -2.01. The summed E-state index contributed by atoms with van der Waals surface area (Å²) in [5.41, 5.74) is 4.28. The van der Waals surface area contributed by atoms with Gasteiger partial charge in [0.05, 0.1) is 0 Å². The second kappa shape index (κ2) is 5.10. The number of aliphatic hydroxyl groups excluding tert-OH is 1. The highest BCUT2D eigenvalue weighted by molar-refractivity contribution is 5.86. The number of rotatable bonds is 2. The maximum absolute atomic E-state index is 10.7. The van der Waals surface area contributed by atoms with E-state index in [9.17, 15) is 5.11 Å². The third-order valence-electron chi connectivity index (χ3n) is 3.68. The zero-order chi connectivity index (χ0) is 14.1. The molecule has 0 radical (unpaired) electrons. The van der Waals surface area contributed by atoms with Gasteiger partial charge in [-0.15, -0.1) is 0 Å². The van der Waals surface area contributed by atoms with Crippen LogP contribution in [0.2, 0.25) is 0 Å². The molecule has 0 aliphatic carbocycles. The summed E-state index contributed by atoms with van der Waals surface area (Å²) in [7, 11) is 0. The van der Waals surface area contributed by atoms with Gasteiger partial charge >= 0.3 is 0 Å². The van der Waals surface area contributed by atoms with E-state index in [1.165, 1.54) is 11.1 Å². The van der Waals surface area contributed by atoms with Gasteiger partial charge in [-0.1, -0.05) is 71.8 Å². The van der Waals surface area contributed by atoms with Crippen molar-refractivity contribution in [1.29, 1.82) is 0 Å². The lowest BCUT2D eigenvalue weighted by atomic mass is 9.94. The van der Waals surface area contributed by atoms with Crippen LogP contribution in [-0.2, 0) is 0 Å². The van der Waals surface area contributed by atoms with Gasteiger partial charge in [0.1, 0.15) is 6.10 Å². The van der Waals surface area contributed by atoms with Crippen LogP contribution in [0.3, 0.4) is 0 Å². The average Bonchev–Trinajstić information content (AvgIpc) is 2.45. The molecule has 20 heavy (non-hydrogen) atoms. The number of aryl methyl sites for hydroxylation is 2. The zero-order valence-electron chi connectivity index (χ0n) is 11.8. The molecule has 0 aromatic heterocycles. The Morgan fingerprint density at radius 2 is 1.45 bits per heavy atom. The summed E-state index contributed by atoms with van der Waals surface area (Å²) in [6.45, 7) is 4.12. The molecule has 1 N–H and O–H groups in total. The molecule has 0 aliphatic rings. The van der Waals surface area contributed by atoms with E-state index in [2.05, 4.69) is 50.2 Å². The maximum Gasteiger partial charge on any atom is 0.105 e. The lowest BCUT2D eigenvalue weighted by molar-refractivity contribution is 0.221. The molecule has 0 aliphatic heterocycles. The van der Waals surface area contributed by atoms with Crippen molar-refractivity contribution in [3.05, 3.63) is 82.9 Å². The molecule has 1 atom stereocenters. The first-order valence-corrected chi connectivity index (χ1v) is 6.89. The third kappa shape index (κ3) is 2.33. The summed E-state index contributed by atoms with van der Waals surface area (Å²) >= 11 is 0. The van der Waals surface area contributed by atoms with Gasteiger partial charge in [0, 0.05) is 0 Å². The molecule has 0 spiro atoms. The minimum atomic E-state index is -0.584. The Balaban J connectivity index is 2.15. The van der Waals surface area contributed by atoms with Crippen LogP contribution in [0.5, 0.6) is 0 Å². The van der Waals surface area contributed by atoms with Gasteiger partial charge in [0.2, 0.25) is 0 Å². The van der Waals surface area contributed by atoms with Crippen molar-refractivity contribution in [3.63, 3.8) is 0 Å². The van der Waals surface area contributed by atoms with Crippen LogP contribution in [0.25, 0.3) is 10.8 Å². The van der Waals surface area contributed by atoms with E-state index in [1.54, 1.807) is 0 Å². The number of fused-ring (bicyclic) bond motifs is 1. The summed E-state index contributed by atoms with van der Waals surface area (Å²) in [5, 5.41) is 13.0. The predicted molar refractivity (Wildman–Crippen MR) is 83.9 cm³/mol. The molecule has 1 unspecified atom stereocenters. The fraction of sp³-hybridized carbons (Fsp3) is 0.158. The van der Waals surface area contributed by atoms with E-state index in [0.29, 0.717) is 0 Å². The standard InChI is InChI=1S/C19H18O/c1-13-10-14(2)12-16(11-13)19(20)18-9-5-7-15-6-3-4-8-17(15)18/h3-12,19-20H,1-2H3. The van der Waals surface area contributed by atoms with Crippen LogP contribution in [0.1, 0.15) is 28.4 Å². The van der Waals surface area contributed by atoms with Crippen molar-refractivity contribution in [1.82, 2.24) is 0 Å². The van der Waals surface area contributed by atoms with Crippen molar-refractivity contribution in [3.8, 4) is 0 Å². The average molecular weight is 262 g/mol. The quantitative estimate of drug-likeness (QED) is 0.719. The Hall–Kier alpha value is -2.12. The van der Waals surface area contributed by atoms with Gasteiger partial charge in [-0.2, -0.15) is 0 Å². The van der Waals surface area contributed by atoms with Gasteiger partial charge in [-0.3, -0.25) is 0 Å². The molecular formula is C19H18O. The number of hydrogen-bond acceptors (Lipinski definition) is 1. The van der Waals surface area contributed by atoms with Crippen LogP contribution in [0.15, 0.2) is 60.7 Å². The SMILES string of the molecule is Cc1cc(C)cc(C(O)c2cccc3ccccc23)c1. The normalized spacial score (nSPS) is 12.6. The fourth-order valence-electron chi connectivity index (χ4n) is 2.84. The van der Waals surface area contributed by atoms with Crippen LogP contribution < -0.4 is 0 Å². The fourth-order valence-corrected chi connectivity index (χ4v) is 2.84. The molecule has 0 saturated heterocycles. The Morgan fingerprint density at radius 3 is 2.20 bits per heavy atom. The second-order valence-electron chi connectivity index (χ2n) is 5.39. The van der Waals surface area contributed by atoms with Crippen molar-refractivity contribution < 1.29 is 5.11 Å². The maximum atomic E-state index is 10.7. The van der Waals surface area contributed by atoms with Gasteiger partial charge in [0.15, 0.2) is 0 Å². The van der Waals surface area contributed by atoms with Crippen LogP contribution in [-0.4, -0.2) is 5.11 Å². The molecule has 0 heterocycles. The van der Waals surface area contributed by atoms with Crippen molar-refractivity contribution in [2.75, 3.05) is 0 Å². The molecular weight excluding hydrogens is 244 g/mol. The highest BCUT2D eigenvalue weighted by Gasteiger charge is 2.13. The van der Waals surface area contributed by atoms with Gasteiger partial charge in [0.25, 0.3) is 0 Å². The second-order valence-corrected chi connectivity index (χ2v) is 5.39. The van der Waals surface area contributed by atoms with Crippen LogP contribution in [0, 0.1) is 13.8 Å². The molecule has 0 amide bonds. The minimum Gasteiger partial charge on any atom is -0.384 e. The first kappa shape index (κ1) is 12.9. The molecule has 3 rings (SSSR count). The largest absolute Gasteiger partial charge is 0.384 e. The summed E-state index contributed by atoms with van der Waals surface area (Å²) in [4.78, 5) is 0. The first-order chi connectivity index (χ1) is 9.65. The summed E-state index contributed by atoms with van der Waals surface area (Å²) < 4.78 is 0. The minimum absolute atomic E-state index is 0.584. The Labute approximate surface area is 119 Å². The topological polar surface area (TPSA) is 20.2 Å². The van der Waals surface area contributed by atoms with E-state index in [-0.39, 0.29) is 0 Å². The van der Waals surface area contributed by atoms with Crippen LogP contribution in [0.4, 0.5) is 0 Å². The van der Waals surface area contributed by atoms with E-state index < -0.39 is 6.10 Å². The van der Waals surface area contributed by atoms with Crippen molar-refractivity contribution in [2.24, 2.45) is 0 Å². The first-order valence-electron chi connectivity index (χ1n) is 6.89. The van der Waals surface area contributed by atoms with Crippen molar-refractivity contribution in [2.45, 2.75) is 20.0 Å². The van der Waals surface area contributed by atoms with Crippen LogP contribution >= 0.6 is 0 Å². The highest BCUT2D eigenvalue weighted by Crippen LogP contribution is 2.29. The van der Waals surface area contributed by atoms with Gasteiger partial charge in [-0.25, -0.2) is 0 Å². The highest BCUT2D eigenvalue weighted by atomic mass is 16.3. The summed E-state index contributed by atoms with van der Waals surface area (Å²) in [6, 6.07) is 20.5. The van der Waals surface area contributed by atoms with Crippen molar-refractivity contribution >= 4 is 10.8 Å². The van der Waals surface area contributed by atoms with E-state index in [4.69, 9.17) is 0 Å². The Bertz CT molecular complexity index is 733. The van der Waals surface area contributed by atoms with Gasteiger partial charge in [-0.05, 0) is 35.7 Å². The van der Waals surface area contributed by atoms with E-state index >= 15 is 0 Å². The molecule has 1 heteroatoms. The molecule has 0 fully saturated rings. The molecule has 1 nitrogen and oxygen atoms in total. The Morgan fingerprint density at radius 1 is 0.800 bits per heavy atom. The molecule has 3 aromatic rings. The third-order valence-corrected chi connectivity index (χ3v) is 3.68. The van der Waals surface area contributed by atoms with Gasteiger partial charge < -0.3 is 5.11 Å². The smallest absolute Gasteiger partial charge is 0.105 e. The number of aliphatic hydroxyl groups is 1. The summed E-state index contributed by atoms with van der Waals surface area (Å²) in [5.74, 6) is 0. The predicted octanol–water partition coefficient (Wildman–Crippen LogP) is 4.54.